The van der Waals surface area contributed by atoms with Crippen molar-refractivity contribution in [1.82, 2.24) is 0 Å². The first-order valence-corrected chi connectivity index (χ1v) is 7.50. The third kappa shape index (κ3) is 11.4. The van der Waals surface area contributed by atoms with Crippen LogP contribution in [0, 0.1) is 5.92 Å². The summed E-state index contributed by atoms with van der Waals surface area (Å²) in [5, 5.41) is 9.69. The number of rotatable bonds is 6. The van der Waals surface area contributed by atoms with Gasteiger partial charge in [0.05, 0.1) is 0 Å². The van der Waals surface area contributed by atoms with Crippen molar-refractivity contribution in [3.63, 3.8) is 0 Å². The molecule has 98 valence electrons. The van der Waals surface area contributed by atoms with Crippen molar-refractivity contribution < 1.29 is 136 Å². The molecule has 7 nitrogen and oxygen atoms in total. The molecule has 0 saturated heterocycles. The molecule has 1 rings (SSSR count). The summed E-state index contributed by atoms with van der Waals surface area (Å²) in [7, 11) is -6.78. The van der Waals surface area contributed by atoms with E-state index in [1.807, 2.05) is 0 Å². The van der Waals surface area contributed by atoms with E-state index in [-0.39, 0.29) is 115 Å². The zero-order chi connectivity index (χ0) is 12.9. The Morgan fingerprint density at radius 3 is 1.84 bits per heavy atom. The maximum Gasteiger partial charge on any atom is 1.00 e. The first kappa shape index (κ1) is 24.5. The van der Waals surface area contributed by atoms with Crippen LogP contribution in [0.25, 0.3) is 0 Å². The smallest absolute Gasteiger partial charge is 0.566 e. The van der Waals surface area contributed by atoms with Crippen molar-refractivity contribution in [2.45, 2.75) is 44.5 Å². The van der Waals surface area contributed by atoms with Crippen LogP contribution < -0.4 is 113 Å². The summed E-state index contributed by atoms with van der Waals surface area (Å²) in [4.78, 5) is 20.8. The first-order chi connectivity index (χ1) is 7.91. The summed E-state index contributed by atoms with van der Waals surface area (Å²) in [5.74, 6) is -2.59. The molecule has 0 aromatic heterocycles. The molecule has 0 amide bonds. The van der Waals surface area contributed by atoms with Gasteiger partial charge in [0, 0.05) is 6.42 Å². The van der Waals surface area contributed by atoms with Gasteiger partial charge in [-0.3, -0.25) is 0 Å². The monoisotopic (exact) mass is 362 g/mol. The van der Waals surface area contributed by atoms with Crippen molar-refractivity contribution in [3.8, 4) is 0 Å². The molecule has 1 fully saturated rings. The van der Waals surface area contributed by atoms with Crippen LogP contribution in [0.15, 0.2) is 0 Å². The van der Waals surface area contributed by atoms with Crippen molar-refractivity contribution in [1.29, 1.82) is 0 Å². The topological polar surface area (TPSA) is 119 Å². The second-order valence-electron chi connectivity index (χ2n) is 4.05. The minimum atomic E-state index is -3.39. The molecule has 0 spiro atoms. The van der Waals surface area contributed by atoms with Crippen molar-refractivity contribution >= 4 is 16.5 Å². The molecule has 0 radical (unpaired) electrons. The second kappa shape index (κ2) is 12.7. The van der Waals surface area contributed by atoms with Crippen LogP contribution in [0.3, 0.4) is 0 Å². The second-order valence-corrected chi connectivity index (χ2v) is 5.31. The Labute approximate surface area is 198 Å². The van der Waals surface area contributed by atoms with Gasteiger partial charge >= 0.3 is 125 Å². The Bertz CT molecular complexity index is 283. The number of hydrogen-bond donors (Lipinski definition) is 1. The Balaban J connectivity index is 0. The molecule has 2 unspecified atom stereocenters. The Morgan fingerprint density at radius 1 is 1.05 bits per heavy atom. The largest absolute Gasteiger partial charge is 1.00 e. The molecule has 1 N–H and O–H groups in total. The quantitative estimate of drug-likeness (QED) is 0.285. The molecular formula is C8H14K2O7P2+2. The van der Waals surface area contributed by atoms with Gasteiger partial charge in [-0.2, -0.15) is 0 Å². The van der Waals surface area contributed by atoms with Crippen LogP contribution in [0.1, 0.15) is 38.5 Å². The molecule has 0 heterocycles. The zero-order valence-corrected chi connectivity index (χ0v) is 19.1. The third-order valence-electron chi connectivity index (χ3n) is 2.71. The molecule has 1 aliphatic rings. The van der Waals surface area contributed by atoms with Crippen LogP contribution in [0.2, 0.25) is 0 Å². The van der Waals surface area contributed by atoms with Gasteiger partial charge in [-0.25, -0.2) is 0 Å². The summed E-state index contributed by atoms with van der Waals surface area (Å²) >= 11 is 0. The van der Waals surface area contributed by atoms with Gasteiger partial charge in [-0.15, -0.1) is 0 Å². The van der Waals surface area contributed by atoms with E-state index in [0.717, 1.165) is 32.1 Å². The predicted octanol–water partition coefficient (Wildman–Crippen LogP) is -5.32. The molecule has 11 heteroatoms. The summed E-state index contributed by atoms with van der Waals surface area (Å²) in [5.41, 5.74) is 0. The number of hydrogen-bond acceptors (Lipinski definition) is 7. The fourth-order valence-corrected chi connectivity index (χ4v) is 2.83. The molecule has 19 heavy (non-hydrogen) atoms. The van der Waals surface area contributed by atoms with E-state index < -0.39 is 22.5 Å². The van der Waals surface area contributed by atoms with Crippen molar-refractivity contribution in [2.75, 3.05) is 0 Å². The summed E-state index contributed by atoms with van der Waals surface area (Å²) in [6.07, 6.45) is 4.43. The van der Waals surface area contributed by atoms with E-state index in [0.29, 0.717) is 0 Å². The van der Waals surface area contributed by atoms with Crippen LogP contribution in [0.4, 0.5) is 0 Å². The Hall–Kier alpha value is 3.27. The summed E-state index contributed by atoms with van der Waals surface area (Å²) in [6, 6.07) is 0. The third-order valence-corrected chi connectivity index (χ3v) is 3.57. The predicted molar refractivity (Wildman–Crippen MR) is 53.5 cm³/mol. The molecule has 0 aromatic carbocycles. The van der Waals surface area contributed by atoms with Gasteiger partial charge in [0.15, 0.2) is 0 Å². The molecule has 0 aromatic rings. The van der Waals surface area contributed by atoms with Gasteiger partial charge in [0.25, 0.3) is 0 Å². The van der Waals surface area contributed by atoms with Gasteiger partial charge in [-0.05, 0) is 15.0 Å². The average molecular weight is 362 g/mol. The van der Waals surface area contributed by atoms with Crippen molar-refractivity contribution in [3.05, 3.63) is 0 Å². The minimum Gasteiger partial charge on any atom is -0.566 e. The van der Waals surface area contributed by atoms with Crippen LogP contribution in [-0.2, 0) is 18.2 Å². The van der Waals surface area contributed by atoms with Crippen LogP contribution in [0.5, 0.6) is 0 Å². The first-order valence-electron chi connectivity index (χ1n) is 5.31. The molecular weight excluding hydrogens is 348 g/mol. The van der Waals surface area contributed by atoms with Gasteiger partial charge < -0.3 is 14.9 Å². The molecule has 0 bridgehead atoms. The normalized spacial score (nSPS) is 20.6. The average Bonchev–Trinajstić information content (AvgIpc) is 2.15. The van der Waals surface area contributed by atoms with E-state index in [4.69, 9.17) is 0 Å². The van der Waals surface area contributed by atoms with Crippen LogP contribution in [-0.4, -0.2) is 11.1 Å². The van der Waals surface area contributed by atoms with E-state index >= 15 is 0 Å². The minimum absolute atomic E-state index is 0. The maximum atomic E-state index is 10.4. The maximum absolute atomic E-state index is 10.4. The Morgan fingerprint density at radius 2 is 1.47 bits per heavy atom. The van der Waals surface area contributed by atoms with Gasteiger partial charge in [0.1, 0.15) is 0 Å². The Kier molecular flexibility index (Phi) is 16.3. The molecule has 0 aliphatic heterocycles. The molecule has 1 saturated carbocycles. The summed E-state index contributed by atoms with van der Waals surface area (Å²) in [6.45, 7) is 0. The zero-order valence-electron chi connectivity index (χ0n) is 11.1. The van der Waals surface area contributed by atoms with Gasteiger partial charge in [-0.1, -0.05) is 41.2 Å². The standard InChI is InChI=1S/C8H14O7P2.2K/c9-8(14-16(10)11,15-17(12)13)6-7-4-2-1-3-5-7;;/h7,9H,1-6H2;;/q;2*+1. The fraction of sp³-hybridized carbons (Fsp3) is 1.00. The van der Waals surface area contributed by atoms with E-state index in [9.17, 15) is 24.0 Å². The SMILES string of the molecule is O=[P+]([O-])OC(O)(CC1CCCCC1)O[P+](=O)[O-].[K+].[K+]. The summed E-state index contributed by atoms with van der Waals surface area (Å²) < 4.78 is 29.1. The van der Waals surface area contributed by atoms with Crippen LogP contribution >= 0.6 is 16.5 Å². The fourth-order valence-electron chi connectivity index (χ4n) is 2.08. The molecule has 1 aliphatic carbocycles. The number of aliphatic hydroxyl groups is 1. The van der Waals surface area contributed by atoms with E-state index in [1.54, 1.807) is 0 Å². The van der Waals surface area contributed by atoms with Gasteiger partial charge in [0.2, 0.25) is 0 Å². The van der Waals surface area contributed by atoms with E-state index in [1.165, 1.54) is 0 Å². The van der Waals surface area contributed by atoms with Crippen molar-refractivity contribution in [2.24, 2.45) is 5.92 Å². The van der Waals surface area contributed by atoms with E-state index in [2.05, 4.69) is 9.05 Å². The molecule has 2 atom stereocenters.